The molecule has 2 aromatic heterocycles. The predicted molar refractivity (Wildman–Crippen MR) is 69.6 cm³/mol. The first-order valence-electron chi connectivity index (χ1n) is 5.87. The molecule has 0 radical (unpaired) electrons. The van der Waals surface area contributed by atoms with E-state index in [1.54, 1.807) is 11.3 Å². The second-order valence-electron chi connectivity index (χ2n) is 4.61. The number of aromatic nitrogens is 2. The first-order chi connectivity index (χ1) is 8.67. The van der Waals surface area contributed by atoms with Crippen LogP contribution >= 0.6 is 11.3 Å². The monoisotopic (exact) mass is 262 g/mol. The van der Waals surface area contributed by atoms with Crippen LogP contribution in [0.4, 0.5) is 0 Å². The summed E-state index contributed by atoms with van der Waals surface area (Å²) in [5.41, 5.74) is 1.42. The molecule has 18 heavy (non-hydrogen) atoms. The Bertz CT molecular complexity index is 582. The van der Waals surface area contributed by atoms with Gasteiger partial charge in [-0.2, -0.15) is 0 Å². The highest BCUT2D eigenvalue weighted by atomic mass is 32.1. The van der Waals surface area contributed by atoms with E-state index in [9.17, 15) is 4.79 Å². The normalized spacial score (nSPS) is 16.6. The zero-order chi connectivity index (χ0) is 12.8. The Balaban J connectivity index is 2.01. The molecule has 1 saturated carbocycles. The number of carbonyl (C=O) groups is 1. The summed E-state index contributed by atoms with van der Waals surface area (Å²) in [6.07, 6.45) is 1.63. The Morgan fingerprint density at radius 2 is 2.33 bits per heavy atom. The molecule has 0 atom stereocenters. The summed E-state index contributed by atoms with van der Waals surface area (Å²) in [7, 11) is 1.43. The molecule has 94 valence electrons. The smallest absolute Gasteiger partial charge is 0.319 e. The van der Waals surface area contributed by atoms with Gasteiger partial charge in [-0.15, -0.1) is 11.3 Å². The van der Waals surface area contributed by atoms with Crippen molar-refractivity contribution >= 4 is 17.3 Å². The van der Waals surface area contributed by atoms with E-state index in [1.807, 2.05) is 24.4 Å². The number of nitrogens with one attached hydrogen (secondary N) is 1. The highest BCUT2D eigenvalue weighted by Gasteiger charge is 2.55. The van der Waals surface area contributed by atoms with Gasteiger partial charge in [0.25, 0.3) is 0 Å². The number of esters is 1. The summed E-state index contributed by atoms with van der Waals surface area (Å²) in [6.45, 7) is 1.99. The second kappa shape index (κ2) is 3.95. The van der Waals surface area contributed by atoms with E-state index in [2.05, 4.69) is 9.97 Å². The van der Waals surface area contributed by atoms with Gasteiger partial charge >= 0.3 is 5.97 Å². The molecule has 0 bridgehead atoms. The van der Waals surface area contributed by atoms with Crippen LogP contribution in [0.3, 0.4) is 0 Å². The molecule has 0 aromatic carbocycles. The summed E-state index contributed by atoms with van der Waals surface area (Å²) < 4.78 is 4.88. The number of aryl methyl sites for hydroxylation is 1. The van der Waals surface area contributed by atoms with Gasteiger partial charge in [0.1, 0.15) is 16.9 Å². The SMILES string of the molecule is COC(=O)C1(c2nc(-c3cccs3)c(C)[nH]2)CC1. The lowest BCUT2D eigenvalue weighted by atomic mass is 10.1. The fourth-order valence-electron chi connectivity index (χ4n) is 2.20. The van der Waals surface area contributed by atoms with Crippen molar-refractivity contribution in [2.45, 2.75) is 25.2 Å². The van der Waals surface area contributed by atoms with E-state index in [-0.39, 0.29) is 5.97 Å². The van der Waals surface area contributed by atoms with Crippen molar-refractivity contribution in [3.8, 4) is 10.6 Å². The minimum atomic E-state index is -0.519. The van der Waals surface area contributed by atoms with Crippen molar-refractivity contribution in [3.63, 3.8) is 0 Å². The number of thiophene rings is 1. The van der Waals surface area contributed by atoms with Gasteiger partial charge < -0.3 is 9.72 Å². The second-order valence-corrected chi connectivity index (χ2v) is 5.56. The Morgan fingerprint density at radius 3 is 2.89 bits per heavy atom. The number of hydrogen-bond acceptors (Lipinski definition) is 4. The molecule has 0 saturated heterocycles. The average molecular weight is 262 g/mol. The number of imidazole rings is 1. The fraction of sp³-hybridized carbons (Fsp3) is 0.385. The summed E-state index contributed by atoms with van der Waals surface area (Å²) in [5.74, 6) is 0.559. The Kier molecular flexibility index (Phi) is 2.52. The molecule has 2 aromatic rings. The van der Waals surface area contributed by atoms with Crippen molar-refractivity contribution in [2.75, 3.05) is 7.11 Å². The van der Waals surface area contributed by atoms with Crippen LogP contribution in [0.15, 0.2) is 17.5 Å². The first-order valence-corrected chi connectivity index (χ1v) is 6.75. The van der Waals surface area contributed by atoms with Crippen LogP contribution in [0.1, 0.15) is 24.4 Å². The number of H-pyrrole nitrogens is 1. The molecule has 3 rings (SSSR count). The molecule has 2 heterocycles. The van der Waals surface area contributed by atoms with Crippen LogP contribution in [0, 0.1) is 6.92 Å². The summed E-state index contributed by atoms with van der Waals surface area (Å²) in [4.78, 5) is 20.8. The fourth-order valence-corrected chi connectivity index (χ4v) is 2.97. The number of ether oxygens (including phenoxy) is 1. The van der Waals surface area contributed by atoms with Crippen molar-refractivity contribution in [1.29, 1.82) is 0 Å². The van der Waals surface area contributed by atoms with Gasteiger partial charge in [0, 0.05) is 5.69 Å². The molecule has 1 fully saturated rings. The molecule has 0 spiro atoms. The molecular weight excluding hydrogens is 248 g/mol. The molecule has 1 aliphatic rings. The molecule has 0 aliphatic heterocycles. The van der Waals surface area contributed by atoms with Crippen molar-refractivity contribution in [1.82, 2.24) is 9.97 Å². The van der Waals surface area contributed by atoms with E-state index in [4.69, 9.17) is 4.74 Å². The number of aromatic amines is 1. The first kappa shape index (κ1) is 11.5. The van der Waals surface area contributed by atoms with Crippen LogP contribution < -0.4 is 0 Å². The van der Waals surface area contributed by atoms with Gasteiger partial charge in [0.15, 0.2) is 0 Å². The standard InChI is InChI=1S/C13H14N2O2S/c1-8-10(9-4-3-7-18-9)15-11(14-8)13(5-6-13)12(16)17-2/h3-4,7H,5-6H2,1-2H3,(H,14,15). The van der Waals surface area contributed by atoms with E-state index in [0.29, 0.717) is 0 Å². The average Bonchev–Trinajstić information content (AvgIpc) is 2.83. The van der Waals surface area contributed by atoms with Crippen LogP contribution in [-0.2, 0) is 14.9 Å². The number of carbonyl (C=O) groups excluding carboxylic acids is 1. The number of nitrogens with zero attached hydrogens (tertiary/aromatic N) is 1. The predicted octanol–water partition coefficient (Wildman–Crippen LogP) is 2.65. The van der Waals surface area contributed by atoms with Crippen molar-refractivity contribution in [3.05, 3.63) is 29.0 Å². The minimum Gasteiger partial charge on any atom is -0.468 e. The molecule has 4 nitrogen and oxygen atoms in total. The summed E-state index contributed by atoms with van der Waals surface area (Å²) >= 11 is 1.65. The van der Waals surface area contributed by atoms with Crippen LogP contribution in [0.2, 0.25) is 0 Å². The topological polar surface area (TPSA) is 55.0 Å². The molecule has 1 aliphatic carbocycles. The summed E-state index contributed by atoms with van der Waals surface area (Å²) in [6, 6.07) is 4.04. The quantitative estimate of drug-likeness (QED) is 0.865. The van der Waals surface area contributed by atoms with Gasteiger partial charge in [0.05, 0.1) is 12.0 Å². The third-order valence-electron chi connectivity index (χ3n) is 3.42. The van der Waals surface area contributed by atoms with Crippen LogP contribution in [0.25, 0.3) is 10.6 Å². The van der Waals surface area contributed by atoms with E-state index < -0.39 is 5.41 Å². The molecule has 0 unspecified atom stereocenters. The lowest BCUT2D eigenvalue weighted by Crippen LogP contribution is -2.23. The highest BCUT2D eigenvalue weighted by molar-refractivity contribution is 7.13. The lowest BCUT2D eigenvalue weighted by Gasteiger charge is -2.08. The van der Waals surface area contributed by atoms with E-state index in [1.165, 1.54) is 7.11 Å². The third-order valence-corrected chi connectivity index (χ3v) is 4.30. The van der Waals surface area contributed by atoms with Gasteiger partial charge in [-0.25, -0.2) is 4.98 Å². The number of hydrogen-bond donors (Lipinski definition) is 1. The largest absolute Gasteiger partial charge is 0.468 e. The van der Waals surface area contributed by atoms with Gasteiger partial charge in [0.2, 0.25) is 0 Å². The Morgan fingerprint density at radius 1 is 1.56 bits per heavy atom. The van der Waals surface area contributed by atoms with Crippen molar-refractivity contribution in [2.24, 2.45) is 0 Å². The zero-order valence-corrected chi connectivity index (χ0v) is 11.1. The minimum absolute atomic E-state index is 0.186. The van der Waals surface area contributed by atoms with Crippen molar-refractivity contribution < 1.29 is 9.53 Å². The van der Waals surface area contributed by atoms with Gasteiger partial charge in [-0.3, -0.25) is 4.79 Å². The maximum absolute atomic E-state index is 11.8. The highest BCUT2D eigenvalue weighted by Crippen LogP contribution is 2.48. The molecule has 0 amide bonds. The molecular formula is C13H14N2O2S. The third kappa shape index (κ3) is 1.58. The van der Waals surface area contributed by atoms with Gasteiger partial charge in [-0.1, -0.05) is 6.07 Å². The lowest BCUT2D eigenvalue weighted by molar-refractivity contribution is -0.143. The van der Waals surface area contributed by atoms with Gasteiger partial charge in [-0.05, 0) is 31.2 Å². The maximum atomic E-state index is 11.8. The number of rotatable bonds is 3. The van der Waals surface area contributed by atoms with Crippen LogP contribution in [-0.4, -0.2) is 23.0 Å². The molecule has 5 heteroatoms. The Labute approximate surface area is 109 Å². The van der Waals surface area contributed by atoms with E-state index >= 15 is 0 Å². The molecule has 1 N–H and O–H groups in total. The maximum Gasteiger partial charge on any atom is 0.319 e. The van der Waals surface area contributed by atoms with E-state index in [0.717, 1.165) is 34.9 Å². The summed E-state index contributed by atoms with van der Waals surface area (Å²) in [5, 5.41) is 2.02. The Hall–Kier alpha value is -1.62. The van der Waals surface area contributed by atoms with Crippen LogP contribution in [0.5, 0.6) is 0 Å². The zero-order valence-electron chi connectivity index (χ0n) is 10.3. The number of methoxy groups -OCH3 is 1.